The van der Waals surface area contributed by atoms with Crippen molar-refractivity contribution in [2.45, 2.75) is 33.4 Å². The second-order valence-corrected chi connectivity index (χ2v) is 7.12. The maximum absolute atomic E-state index is 13.1. The fourth-order valence-electron chi connectivity index (χ4n) is 3.92. The van der Waals surface area contributed by atoms with E-state index >= 15 is 0 Å². The van der Waals surface area contributed by atoms with Gasteiger partial charge in [0, 0.05) is 12.6 Å². The van der Waals surface area contributed by atoms with Crippen molar-refractivity contribution in [3.8, 4) is 0 Å². The number of likely N-dealkylation sites (tertiary alicyclic amines) is 1. The van der Waals surface area contributed by atoms with Crippen molar-refractivity contribution in [1.29, 1.82) is 0 Å². The molecule has 142 valence electrons. The van der Waals surface area contributed by atoms with Crippen molar-refractivity contribution in [3.63, 3.8) is 0 Å². The molecule has 7 nitrogen and oxygen atoms in total. The topological polar surface area (TPSA) is 68.8 Å². The van der Waals surface area contributed by atoms with Crippen LogP contribution in [0.1, 0.15) is 25.5 Å². The first-order chi connectivity index (χ1) is 13.1. The van der Waals surface area contributed by atoms with Gasteiger partial charge in [-0.05, 0) is 45.4 Å². The number of piperidine rings is 1. The summed E-state index contributed by atoms with van der Waals surface area (Å²) in [7, 11) is 0. The summed E-state index contributed by atoms with van der Waals surface area (Å²) < 4.78 is 8.78. The van der Waals surface area contributed by atoms with E-state index in [0.717, 1.165) is 36.2 Å². The number of carbonyl (C=O) groups excluding carboxylic acids is 1. The second-order valence-electron chi connectivity index (χ2n) is 7.12. The number of nitrogens with zero attached hydrogens (tertiary/aromatic N) is 4. The molecular weight excluding hydrogens is 344 g/mol. The molecule has 1 aliphatic heterocycles. The minimum absolute atomic E-state index is 0.0312. The van der Waals surface area contributed by atoms with Crippen LogP contribution >= 0.6 is 0 Å². The Hall–Kier alpha value is -2.67. The van der Waals surface area contributed by atoms with Crippen LogP contribution in [-0.4, -0.2) is 44.7 Å². The summed E-state index contributed by atoms with van der Waals surface area (Å²) in [5.41, 5.74) is 2.41. The Morgan fingerprint density at radius 3 is 2.96 bits per heavy atom. The SMILES string of the molecule is CCOC(=O)C1CCCN(Cn2c(=O)c3ccccc3n3nc(C)cc23)C1. The third-order valence-electron chi connectivity index (χ3n) is 5.16. The average Bonchev–Trinajstić information content (AvgIpc) is 3.07. The molecule has 0 radical (unpaired) electrons. The lowest BCUT2D eigenvalue weighted by Crippen LogP contribution is -2.42. The van der Waals surface area contributed by atoms with Crippen molar-refractivity contribution in [2.24, 2.45) is 5.92 Å². The minimum atomic E-state index is -0.140. The van der Waals surface area contributed by atoms with Gasteiger partial charge in [0.1, 0.15) is 5.65 Å². The molecule has 0 bridgehead atoms. The Labute approximate surface area is 157 Å². The van der Waals surface area contributed by atoms with Gasteiger partial charge in [-0.15, -0.1) is 0 Å². The zero-order valence-corrected chi connectivity index (χ0v) is 15.7. The number of fused-ring (bicyclic) bond motifs is 3. The number of benzene rings is 1. The summed E-state index contributed by atoms with van der Waals surface area (Å²) >= 11 is 0. The molecule has 1 aliphatic rings. The first kappa shape index (κ1) is 17.7. The van der Waals surface area contributed by atoms with Gasteiger partial charge < -0.3 is 4.74 Å². The lowest BCUT2D eigenvalue weighted by atomic mass is 9.98. The van der Waals surface area contributed by atoms with Crippen molar-refractivity contribution in [2.75, 3.05) is 19.7 Å². The smallest absolute Gasteiger partial charge is 0.310 e. The van der Waals surface area contributed by atoms with E-state index in [1.54, 1.807) is 4.57 Å². The number of ether oxygens (including phenoxy) is 1. The van der Waals surface area contributed by atoms with E-state index in [9.17, 15) is 9.59 Å². The monoisotopic (exact) mass is 368 g/mol. The van der Waals surface area contributed by atoms with Crippen molar-refractivity contribution < 1.29 is 9.53 Å². The molecule has 0 amide bonds. The van der Waals surface area contributed by atoms with E-state index in [0.29, 0.717) is 25.2 Å². The van der Waals surface area contributed by atoms with Gasteiger partial charge in [0.2, 0.25) is 0 Å². The Bertz CT molecular complexity index is 1050. The first-order valence-electron chi connectivity index (χ1n) is 9.45. The maximum atomic E-state index is 13.1. The summed E-state index contributed by atoms with van der Waals surface area (Å²) in [6, 6.07) is 9.46. The highest BCUT2D eigenvalue weighted by molar-refractivity contribution is 5.80. The van der Waals surface area contributed by atoms with E-state index in [1.807, 2.05) is 48.7 Å². The van der Waals surface area contributed by atoms with Crippen LogP contribution in [0.15, 0.2) is 35.1 Å². The number of aryl methyl sites for hydroxylation is 1. The minimum Gasteiger partial charge on any atom is -0.466 e. The van der Waals surface area contributed by atoms with Gasteiger partial charge in [0.05, 0.1) is 35.8 Å². The molecule has 1 unspecified atom stereocenters. The summed E-state index contributed by atoms with van der Waals surface area (Å²) in [5, 5.41) is 5.21. The molecule has 1 fully saturated rings. The van der Waals surface area contributed by atoms with Gasteiger partial charge in [-0.1, -0.05) is 12.1 Å². The molecule has 4 rings (SSSR count). The average molecular weight is 368 g/mol. The number of carbonyl (C=O) groups is 1. The Morgan fingerprint density at radius 2 is 2.15 bits per heavy atom. The predicted molar refractivity (Wildman–Crippen MR) is 103 cm³/mol. The Morgan fingerprint density at radius 1 is 1.33 bits per heavy atom. The highest BCUT2D eigenvalue weighted by atomic mass is 16.5. The fourth-order valence-corrected chi connectivity index (χ4v) is 3.92. The van der Waals surface area contributed by atoms with Gasteiger partial charge in [0.15, 0.2) is 0 Å². The van der Waals surface area contributed by atoms with Gasteiger partial charge in [-0.25, -0.2) is 4.52 Å². The maximum Gasteiger partial charge on any atom is 0.310 e. The van der Waals surface area contributed by atoms with Crippen LogP contribution in [0, 0.1) is 12.8 Å². The lowest BCUT2D eigenvalue weighted by molar-refractivity contribution is -0.150. The predicted octanol–water partition coefficient (Wildman–Crippen LogP) is 2.19. The molecule has 2 aromatic heterocycles. The first-order valence-corrected chi connectivity index (χ1v) is 9.45. The zero-order valence-electron chi connectivity index (χ0n) is 15.7. The quantitative estimate of drug-likeness (QED) is 0.661. The van der Waals surface area contributed by atoms with Crippen LogP contribution in [0.5, 0.6) is 0 Å². The number of para-hydroxylation sites is 1. The van der Waals surface area contributed by atoms with Crippen molar-refractivity contribution >= 4 is 22.5 Å². The number of hydrogen-bond donors (Lipinski definition) is 0. The summed E-state index contributed by atoms with van der Waals surface area (Å²) in [6.07, 6.45) is 1.75. The molecule has 0 spiro atoms. The fraction of sp³-hybridized carbons (Fsp3) is 0.450. The van der Waals surface area contributed by atoms with Gasteiger partial charge in [-0.2, -0.15) is 5.10 Å². The summed E-state index contributed by atoms with van der Waals surface area (Å²) in [5.74, 6) is -0.268. The third kappa shape index (κ3) is 3.23. The van der Waals surface area contributed by atoms with E-state index in [-0.39, 0.29) is 17.4 Å². The number of hydrogen-bond acceptors (Lipinski definition) is 5. The lowest BCUT2D eigenvalue weighted by Gasteiger charge is -2.31. The highest BCUT2D eigenvalue weighted by Crippen LogP contribution is 2.20. The molecule has 7 heteroatoms. The zero-order chi connectivity index (χ0) is 19.0. The Balaban J connectivity index is 1.72. The van der Waals surface area contributed by atoms with Crippen LogP contribution in [0.3, 0.4) is 0 Å². The van der Waals surface area contributed by atoms with Crippen LogP contribution in [0.2, 0.25) is 0 Å². The second kappa shape index (κ2) is 7.15. The number of rotatable bonds is 4. The van der Waals surface area contributed by atoms with Crippen molar-refractivity contribution in [3.05, 3.63) is 46.4 Å². The molecule has 0 N–H and O–H groups in total. The van der Waals surface area contributed by atoms with Crippen LogP contribution in [0.4, 0.5) is 0 Å². The number of esters is 1. The molecular formula is C20H24N4O3. The standard InChI is InChI=1S/C20H24N4O3/c1-3-27-20(26)15-7-6-10-22(12-15)13-23-18-11-14(2)21-24(18)17-9-5-4-8-16(17)19(23)25/h4-5,8-9,11,15H,3,6-7,10,12-13H2,1-2H3. The van der Waals surface area contributed by atoms with Gasteiger partial charge >= 0.3 is 5.97 Å². The van der Waals surface area contributed by atoms with Gasteiger partial charge in [-0.3, -0.25) is 19.1 Å². The molecule has 1 atom stereocenters. The van der Waals surface area contributed by atoms with Crippen LogP contribution < -0.4 is 5.56 Å². The molecule has 1 aromatic carbocycles. The van der Waals surface area contributed by atoms with Crippen LogP contribution in [0.25, 0.3) is 16.6 Å². The molecule has 0 saturated carbocycles. The van der Waals surface area contributed by atoms with Crippen LogP contribution in [-0.2, 0) is 16.2 Å². The normalized spacial score (nSPS) is 18.2. The third-order valence-corrected chi connectivity index (χ3v) is 5.16. The molecule has 1 saturated heterocycles. The number of aromatic nitrogens is 3. The molecule has 0 aliphatic carbocycles. The Kier molecular flexibility index (Phi) is 4.70. The van der Waals surface area contributed by atoms with E-state index < -0.39 is 0 Å². The van der Waals surface area contributed by atoms with E-state index in [1.165, 1.54) is 0 Å². The van der Waals surface area contributed by atoms with Gasteiger partial charge in [0.25, 0.3) is 5.56 Å². The van der Waals surface area contributed by atoms with E-state index in [4.69, 9.17) is 4.74 Å². The summed E-state index contributed by atoms with van der Waals surface area (Å²) in [4.78, 5) is 27.4. The highest BCUT2D eigenvalue weighted by Gasteiger charge is 2.27. The molecule has 3 aromatic rings. The molecule has 27 heavy (non-hydrogen) atoms. The van der Waals surface area contributed by atoms with E-state index in [2.05, 4.69) is 10.00 Å². The summed E-state index contributed by atoms with van der Waals surface area (Å²) in [6.45, 7) is 6.05. The molecule has 3 heterocycles. The van der Waals surface area contributed by atoms with Crippen molar-refractivity contribution in [1.82, 2.24) is 19.1 Å². The largest absolute Gasteiger partial charge is 0.466 e.